The number of nitrogens with zero attached hydrogens (tertiary/aromatic N) is 3. The first-order valence-corrected chi connectivity index (χ1v) is 21.8. The van der Waals surface area contributed by atoms with Gasteiger partial charge in [-0.25, -0.2) is 0 Å². The Bertz CT molecular complexity index is 1830. The van der Waals surface area contributed by atoms with Crippen molar-refractivity contribution in [2.24, 2.45) is 5.92 Å². The van der Waals surface area contributed by atoms with Crippen LogP contribution < -0.4 is 14.5 Å². The van der Waals surface area contributed by atoms with Gasteiger partial charge in [0.15, 0.2) is 13.9 Å². The van der Waals surface area contributed by atoms with E-state index in [1.807, 2.05) is 91.6 Å². The van der Waals surface area contributed by atoms with Crippen LogP contribution in [0.25, 0.3) is 0 Å². The van der Waals surface area contributed by atoms with E-state index in [9.17, 15) is 24.3 Å². The number of ether oxygens (including phenoxy) is 2. The molecule has 1 spiro atoms. The SMILES string of the molecule is COc1ccc2c(c1)[C@@]1(O[C@H](CC(=O)N3Cc4ccccc4C[C@H]3CO)[C@@H]([Si](C)(C)O)[C@@H]1C)C(=O)N2Cc1ccc(N2CCCCCCC2=O)cc1. The van der Waals surface area contributed by atoms with Crippen LogP contribution in [0.5, 0.6) is 5.75 Å². The molecule has 0 unspecified atom stereocenters. The van der Waals surface area contributed by atoms with Gasteiger partial charge in [-0.05, 0) is 79.4 Å². The Balaban J connectivity index is 1.19. The average molecular weight is 726 g/mol. The van der Waals surface area contributed by atoms with Gasteiger partial charge >= 0.3 is 0 Å². The smallest absolute Gasteiger partial charge is 0.264 e. The zero-order valence-corrected chi connectivity index (χ0v) is 31.7. The molecule has 0 saturated carbocycles. The highest BCUT2D eigenvalue weighted by Crippen LogP contribution is 2.60. The number of carbonyl (C=O) groups excluding carboxylic acids is 3. The Hall–Kier alpha value is -4.03. The number of methoxy groups -OCH3 is 1. The van der Waals surface area contributed by atoms with Gasteiger partial charge in [-0.2, -0.15) is 0 Å². The van der Waals surface area contributed by atoms with Crippen molar-refractivity contribution in [3.63, 3.8) is 0 Å². The number of benzene rings is 3. The van der Waals surface area contributed by atoms with Gasteiger partial charge in [-0.1, -0.05) is 56.2 Å². The number of fused-ring (bicyclic) bond motifs is 3. The minimum absolute atomic E-state index is 0.0182. The topological polar surface area (TPSA) is 120 Å². The summed E-state index contributed by atoms with van der Waals surface area (Å²) >= 11 is 0. The molecule has 2 saturated heterocycles. The number of amides is 3. The summed E-state index contributed by atoms with van der Waals surface area (Å²) in [6.45, 7) is 6.88. The van der Waals surface area contributed by atoms with Crippen LogP contribution in [0.3, 0.4) is 0 Å². The van der Waals surface area contributed by atoms with E-state index in [2.05, 4.69) is 0 Å². The number of aliphatic hydroxyl groups excluding tert-OH is 1. The second kappa shape index (κ2) is 14.4. The molecule has 3 amide bonds. The maximum atomic E-state index is 15.0. The lowest BCUT2D eigenvalue weighted by atomic mass is 9.82. The van der Waals surface area contributed by atoms with Crippen LogP contribution >= 0.6 is 0 Å². The Morgan fingerprint density at radius 1 is 1.00 bits per heavy atom. The summed E-state index contributed by atoms with van der Waals surface area (Å²) in [7, 11) is -1.44. The van der Waals surface area contributed by atoms with Crippen molar-refractivity contribution in [3.8, 4) is 5.75 Å². The van der Waals surface area contributed by atoms with Crippen molar-refractivity contribution in [1.29, 1.82) is 0 Å². The third-order valence-corrected chi connectivity index (χ3v) is 14.4. The molecule has 3 aromatic rings. The van der Waals surface area contributed by atoms with E-state index in [0.29, 0.717) is 42.9 Å². The highest BCUT2D eigenvalue weighted by molar-refractivity contribution is 6.71. The molecular weight excluding hydrogens is 675 g/mol. The van der Waals surface area contributed by atoms with E-state index in [-0.39, 0.29) is 43.3 Å². The zero-order valence-electron chi connectivity index (χ0n) is 30.7. The number of carbonyl (C=O) groups is 3. The van der Waals surface area contributed by atoms with E-state index in [0.717, 1.165) is 48.1 Å². The standard InChI is InChI=1S/C41H51N3O7Si/c1-27-39(52(3,4)49)36(23-38(47)43-25-30-12-9-8-11-29(30)21-32(43)26-45)51-41(27)34-22-33(50-2)18-19-35(34)44(40(41)48)24-28-14-16-31(17-15-28)42-20-10-6-5-7-13-37(42)46/h8-9,11-12,14-19,22,27,32,36,39,45,49H,5-7,10,13,20-21,23-26H2,1-4H3/t27-,32-,36+,39-,41+/m0/s1. The highest BCUT2D eigenvalue weighted by atomic mass is 28.4. The van der Waals surface area contributed by atoms with Crippen LogP contribution in [0.4, 0.5) is 11.4 Å². The van der Waals surface area contributed by atoms with Gasteiger partial charge in [-0.15, -0.1) is 0 Å². The van der Waals surface area contributed by atoms with E-state index < -0.39 is 31.5 Å². The summed E-state index contributed by atoms with van der Waals surface area (Å²) in [5.74, 6) is -0.117. The summed E-state index contributed by atoms with van der Waals surface area (Å²) < 4.78 is 12.6. The molecule has 52 heavy (non-hydrogen) atoms. The predicted molar refractivity (Wildman–Crippen MR) is 201 cm³/mol. The number of aliphatic hydroxyl groups is 1. The Morgan fingerprint density at radius 3 is 2.44 bits per heavy atom. The first-order valence-electron chi connectivity index (χ1n) is 18.7. The second-order valence-corrected chi connectivity index (χ2v) is 19.5. The van der Waals surface area contributed by atoms with Crippen LogP contribution in [-0.2, 0) is 44.2 Å². The van der Waals surface area contributed by atoms with Gasteiger partial charge in [0.1, 0.15) is 5.75 Å². The number of anilines is 2. The second-order valence-electron chi connectivity index (χ2n) is 15.5. The van der Waals surface area contributed by atoms with E-state index in [1.54, 1.807) is 16.9 Å². The summed E-state index contributed by atoms with van der Waals surface area (Å²) in [6, 6.07) is 21.1. The maximum absolute atomic E-state index is 15.0. The highest BCUT2D eigenvalue weighted by Gasteiger charge is 2.66. The summed E-state index contributed by atoms with van der Waals surface area (Å²) in [4.78, 5) is 59.2. The Kier molecular flexibility index (Phi) is 10.1. The molecule has 10 nitrogen and oxygen atoms in total. The molecule has 2 N–H and O–H groups in total. The van der Waals surface area contributed by atoms with Crippen LogP contribution in [0.2, 0.25) is 18.6 Å². The van der Waals surface area contributed by atoms with Crippen LogP contribution in [0.1, 0.15) is 67.7 Å². The van der Waals surface area contributed by atoms with Gasteiger partial charge in [0.25, 0.3) is 5.91 Å². The molecule has 0 bridgehead atoms. The fraction of sp³-hybridized carbons (Fsp3) is 0.488. The predicted octanol–water partition coefficient (Wildman–Crippen LogP) is 5.67. The number of hydrogen-bond acceptors (Lipinski definition) is 7. The molecule has 276 valence electrons. The van der Waals surface area contributed by atoms with Crippen molar-refractivity contribution in [3.05, 3.63) is 89.0 Å². The van der Waals surface area contributed by atoms with Gasteiger partial charge in [0.05, 0.1) is 44.5 Å². The van der Waals surface area contributed by atoms with Gasteiger partial charge in [0.2, 0.25) is 11.8 Å². The molecular formula is C41H51N3O7Si. The zero-order chi connectivity index (χ0) is 36.8. The third kappa shape index (κ3) is 6.46. The first-order chi connectivity index (χ1) is 25.0. The lowest BCUT2D eigenvalue weighted by Gasteiger charge is -2.37. The molecule has 0 radical (unpaired) electrons. The minimum atomic E-state index is -3.03. The summed E-state index contributed by atoms with van der Waals surface area (Å²) in [5.41, 5.74) is 3.45. The van der Waals surface area contributed by atoms with Crippen LogP contribution in [0.15, 0.2) is 66.7 Å². The molecule has 4 heterocycles. The lowest BCUT2D eigenvalue weighted by Crippen LogP contribution is -2.48. The molecule has 0 aliphatic carbocycles. The molecule has 4 aliphatic rings. The summed E-state index contributed by atoms with van der Waals surface area (Å²) in [6.07, 6.45) is 4.48. The fourth-order valence-corrected chi connectivity index (χ4v) is 11.8. The molecule has 11 heteroatoms. The molecule has 2 fully saturated rings. The van der Waals surface area contributed by atoms with Crippen LogP contribution in [-0.4, -0.2) is 73.2 Å². The monoisotopic (exact) mass is 725 g/mol. The van der Waals surface area contributed by atoms with Gasteiger partial charge in [0, 0.05) is 42.2 Å². The molecule has 3 aromatic carbocycles. The number of hydrogen-bond donors (Lipinski definition) is 2. The molecule has 7 rings (SSSR count). The quantitative estimate of drug-likeness (QED) is 0.287. The van der Waals surface area contributed by atoms with E-state index in [4.69, 9.17) is 9.47 Å². The van der Waals surface area contributed by atoms with Gasteiger partial charge < -0.3 is 34.1 Å². The van der Waals surface area contributed by atoms with Crippen molar-refractivity contribution in [2.45, 2.75) is 101 Å². The lowest BCUT2D eigenvalue weighted by molar-refractivity contribution is -0.151. The molecule has 4 aliphatic heterocycles. The largest absolute Gasteiger partial charge is 0.497 e. The van der Waals surface area contributed by atoms with E-state index in [1.165, 1.54) is 0 Å². The number of rotatable bonds is 8. The average Bonchev–Trinajstić information content (AvgIpc) is 3.55. The maximum Gasteiger partial charge on any atom is 0.264 e. The minimum Gasteiger partial charge on any atom is -0.497 e. The van der Waals surface area contributed by atoms with Crippen LogP contribution in [0, 0.1) is 5.92 Å². The molecule has 0 aromatic heterocycles. The van der Waals surface area contributed by atoms with Crippen molar-refractivity contribution < 1.29 is 33.8 Å². The van der Waals surface area contributed by atoms with Crippen molar-refractivity contribution in [2.75, 3.05) is 30.1 Å². The molecule has 5 atom stereocenters. The third-order valence-electron chi connectivity index (χ3n) is 11.9. The summed E-state index contributed by atoms with van der Waals surface area (Å²) in [5, 5.41) is 10.3. The Morgan fingerprint density at radius 2 is 1.73 bits per heavy atom. The van der Waals surface area contributed by atoms with Gasteiger partial charge in [-0.3, -0.25) is 14.4 Å². The van der Waals surface area contributed by atoms with E-state index >= 15 is 0 Å². The normalized spacial score (nSPS) is 26.3. The van der Waals surface area contributed by atoms with Crippen molar-refractivity contribution in [1.82, 2.24) is 4.90 Å². The first kappa shape index (κ1) is 36.3. The fourth-order valence-electron chi connectivity index (χ4n) is 9.27. The van der Waals surface area contributed by atoms with Crippen molar-refractivity contribution >= 4 is 37.4 Å². The Labute approximate surface area is 307 Å².